The zero-order valence-electron chi connectivity index (χ0n) is 15.3. The molecular weight excluding hydrogens is 338 g/mol. The molecule has 0 bridgehead atoms. The maximum atomic E-state index is 12.1. The second-order valence-corrected chi connectivity index (χ2v) is 6.76. The summed E-state index contributed by atoms with van der Waals surface area (Å²) >= 11 is 0. The van der Waals surface area contributed by atoms with E-state index in [2.05, 4.69) is 10.6 Å². The van der Waals surface area contributed by atoms with Crippen LogP contribution in [0.3, 0.4) is 0 Å². The number of benzene rings is 1. The number of Topliss-reactive ketones (excluding diaryl/α,β-unsaturated/α-hetero) is 1. The van der Waals surface area contributed by atoms with Gasteiger partial charge in [0.05, 0.1) is 29.6 Å². The molecule has 8 nitrogen and oxygen atoms in total. The van der Waals surface area contributed by atoms with Gasteiger partial charge >= 0.3 is 0 Å². The first-order valence-electron chi connectivity index (χ1n) is 8.33. The number of rotatable bonds is 7. The molecule has 1 aromatic rings. The molecule has 0 spiro atoms. The Kier molecular flexibility index (Phi) is 5.89. The minimum atomic E-state index is -1.31. The molecule has 0 aromatic heterocycles. The third-order valence-corrected chi connectivity index (χ3v) is 4.31. The van der Waals surface area contributed by atoms with Crippen LogP contribution in [0.15, 0.2) is 29.6 Å². The molecule has 0 saturated heterocycles. The van der Waals surface area contributed by atoms with E-state index < -0.39 is 11.9 Å². The van der Waals surface area contributed by atoms with Crippen LogP contribution in [0.1, 0.15) is 24.2 Å². The molecule has 0 saturated carbocycles. The molecule has 142 valence electrons. The summed E-state index contributed by atoms with van der Waals surface area (Å²) in [7, 11) is 3.14. The van der Waals surface area contributed by atoms with Gasteiger partial charge in [-0.1, -0.05) is 19.9 Å². The summed E-state index contributed by atoms with van der Waals surface area (Å²) in [6.45, 7) is 3.64. The van der Waals surface area contributed by atoms with E-state index in [1.807, 2.05) is 13.8 Å². The van der Waals surface area contributed by atoms with Crippen LogP contribution in [0.5, 0.6) is 5.75 Å². The summed E-state index contributed by atoms with van der Waals surface area (Å²) < 4.78 is 0. The average Bonchev–Trinajstić information content (AvgIpc) is 2.60. The number of ketones is 1. The van der Waals surface area contributed by atoms with Gasteiger partial charge in [0.15, 0.2) is 11.9 Å². The molecule has 1 unspecified atom stereocenters. The van der Waals surface area contributed by atoms with Crippen molar-refractivity contribution in [2.75, 3.05) is 26.0 Å². The molecule has 2 atom stereocenters. The first-order valence-corrected chi connectivity index (χ1v) is 8.33. The number of hydrogen-bond acceptors (Lipinski definition) is 7. The van der Waals surface area contributed by atoms with Crippen LogP contribution in [0.2, 0.25) is 0 Å². The van der Waals surface area contributed by atoms with Crippen LogP contribution in [0.4, 0.5) is 5.69 Å². The van der Waals surface area contributed by atoms with Crippen molar-refractivity contribution in [3.05, 3.63) is 35.2 Å². The lowest BCUT2D eigenvalue weighted by atomic mass is 9.92. The second kappa shape index (κ2) is 7.76. The standard InChI is InChI=1S/C18H25N3O5/c1-9(2)12(8-22)20-14-13(16(24)17(14)25)19-11-7-5-6-10(15(11)23)18(26)21(3)4/h5-7,9,12,17,19-20,22-23,25H,8H2,1-4H3/t12-,17?/m0/s1. The monoisotopic (exact) mass is 363 g/mol. The van der Waals surface area contributed by atoms with Crippen LogP contribution in [-0.4, -0.2) is 64.8 Å². The Balaban J connectivity index is 2.32. The number of anilines is 1. The van der Waals surface area contributed by atoms with Gasteiger partial charge in [0, 0.05) is 14.1 Å². The molecule has 26 heavy (non-hydrogen) atoms. The van der Waals surface area contributed by atoms with E-state index >= 15 is 0 Å². The third-order valence-electron chi connectivity index (χ3n) is 4.31. The third kappa shape index (κ3) is 3.66. The minimum Gasteiger partial charge on any atom is -0.505 e. The van der Waals surface area contributed by atoms with Crippen molar-refractivity contribution < 1.29 is 24.9 Å². The van der Waals surface area contributed by atoms with Crippen LogP contribution < -0.4 is 10.6 Å². The highest BCUT2D eigenvalue weighted by Gasteiger charge is 2.39. The number of hydrogen-bond donors (Lipinski definition) is 5. The summed E-state index contributed by atoms with van der Waals surface area (Å²) in [5, 5.41) is 35.5. The largest absolute Gasteiger partial charge is 0.505 e. The highest BCUT2D eigenvalue weighted by atomic mass is 16.3. The van der Waals surface area contributed by atoms with E-state index in [9.17, 15) is 24.9 Å². The van der Waals surface area contributed by atoms with E-state index in [1.54, 1.807) is 20.2 Å². The van der Waals surface area contributed by atoms with Crippen LogP contribution in [-0.2, 0) is 4.79 Å². The van der Waals surface area contributed by atoms with Gasteiger partial charge in [0.2, 0.25) is 5.78 Å². The molecule has 5 N–H and O–H groups in total. The highest BCUT2D eigenvalue weighted by Crippen LogP contribution is 2.33. The summed E-state index contributed by atoms with van der Waals surface area (Å²) in [6, 6.07) is 4.25. The number of amides is 1. The van der Waals surface area contributed by atoms with Crippen LogP contribution in [0.25, 0.3) is 0 Å². The quantitative estimate of drug-likeness (QED) is 0.441. The number of aliphatic hydroxyl groups is 2. The number of aliphatic hydroxyl groups excluding tert-OH is 2. The predicted molar refractivity (Wildman–Crippen MR) is 96.6 cm³/mol. The number of carbonyl (C=O) groups excluding carboxylic acids is 2. The van der Waals surface area contributed by atoms with Crippen molar-refractivity contribution in [2.45, 2.75) is 26.0 Å². The number of para-hydroxylation sites is 1. The average molecular weight is 363 g/mol. The van der Waals surface area contributed by atoms with Crippen LogP contribution >= 0.6 is 0 Å². The fourth-order valence-electron chi connectivity index (χ4n) is 2.55. The van der Waals surface area contributed by atoms with Crippen LogP contribution in [0, 0.1) is 5.92 Å². The van der Waals surface area contributed by atoms with Crippen molar-refractivity contribution >= 4 is 17.4 Å². The Hall–Kier alpha value is -2.58. The van der Waals surface area contributed by atoms with Gasteiger partial charge in [-0.15, -0.1) is 0 Å². The summed E-state index contributed by atoms with van der Waals surface area (Å²) in [5.74, 6) is -1.11. The van der Waals surface area contributed by atoms with Gasteiger partial charge in [-0.25, -0.2) is 0 Å². The molecule has 1 aliphatic rings. The smallest absolute Gasteiger partial charge is 0.257 e. The Labute approximate surface area is 152 Å². The molecule has 2 rings (SSSR count). The molecule has 1 aromatic carbocycles. The van der Waals surface area contributed by atoms with E-state index in [0.29, 0.717) is 0 Å². The van der Waals surface area contributed by atoms with Crippen molar-refractivity contribution in [1.82, 2.24) is 10.2 Å². The maximum Gasteiger partial charge on any atom is 0.257 e. The normalized spacial score (nSPS) is 17.8. The maximum absolute atomic E-state index is 12.1. The molecule has 8 heteroatoms. The number of carbonyl (C=O) groups is 2. The van der Waals surface area contributed by atoms with E-state index in [-0.39, 0.29) is 52.9 Å². The molecule has 0 fully saturated rings. The zero-order chi connectivity index (χ0) is 19.6. The lowest BCUT2D eigenvalue weighted by Crippen LogP contribution is -2.50. The Bertz CT molecular complexity index is 742. The summed E-state index contributed by atoms with van der Waals surface area (Å²) in [6.07, 6.45) is -1.31. The highest BCUT2D eigenvalue weighted by molar-refractivity contribution is 6.11. The molecule has 0 aliphatic heterocycles. The summed E-state index contributed by atoms with van der Waals surface area (Å²) in [5.41, 5.74) is 0.628. The van der Waals surface area contributed by atoms with E-state index in [4.69, 9.17) is 0 Å². The first kappa shape index (κ1) is 19.7. The zero-order valence-corrected chi connectivity index (χ0v) is 15.3. The van der Waals surface area contributed by atoms with Gasteiger partial charge in [-0.2, -0.15) is 0 Å². The van der Waals surface area contributed by atoms with E-state index in [0.717, 1.165) is 0 Å². The molecule has 0 radical (unpaired) electrons. The Morgan fingerprint density at radius 3 is 2.50 bits per heavy atom. The fraction of sp³-hybridized carbons (Fsp3) is 0.444. The topological polar surface area (TPSA) is 122 Å². The number of phenolic OH excluding ortho intramolecular Hbond substituents is 1. The number of nitrogens with zero attached hydrogens (tertiary/aromatic N) is 1. The lowest BCUT2D eigenvalue weighted by Gasteiger charge is -2.33. The van der Waals surface area contributed by atoms with Gasteiger partial charge in [0.25, 0.3) is 5.91 Å². The molecule has 0 heterocycles. The molecule has 1 aliphatic carbocycles. The number of nitrogens with one attached hydrogen (secondary N) is 2. The van der Waals surface area contributed by atoms with Gasteiger partial charge in [-0.05, 0) is 18.1 Å². The van der Waals surface area contributed by atoms with Crippen molar-refractivity contribution in [1.29, 1.82) is 0 Å². The lowest BCUT2D eigenvalue weighted by molar-refractivity contribution is -0.124. The summed E-state index contributed by atoms with van der Waals surface area (Å²) in [4.78, 5) is 25.5. The van der Waals surface area contributed by atoms with Gasteiger partial charge < -0.3 is 30.9 Å². The number of aromatic hydroxyl groups is 1. The fourth-order valence-corrected chi connectivity index (χ4v) is 2.55. The number of phenols is 1. The SMILES string of the molecule is CC(C)[C@H](CO)NC1=C(Nc2cccc(C(=O)N(C)C)c2O)C(=O)C1O. The Morgan fingerprint density at radius 1 is 1.31 bits per heavy atom. The van der Waals surface area contributed by atoms with Gasteiger partial charge in [0.1, 0.15) is 5.70 Å². The van der Waals surface area contributed by atoms with Crippen molar-refractivity contribution in [3.8, 4) is 5.75 Å². The Morgan fingerprint density at radius 2 is 1.96 bits per heavy atom. The van der Waals surface area contributed by atoms with E-state index in [1.165, 1.54) is 17.0 Å². The minimum absolute atomic E-state index is 0.0751. The van der Waals surface area contributed by atoms with Crippen molar-refractivity contribution in [2.24, 2.45) is 5.92 Å². The molecular formula is C18H25N3O5. The molecule has 1 amide bonds. The predicted octanol–water partition coefficient (Wildman–Crippen LogP) is 0.268. The van der Waals surface area contributed by atoms with Crippen molar-refractivity contribution in [3.63, 3.8) is 0 Å². The van der Waals surface area contributed by atoms with Gasteiger partial charge in [-0.3, -0.25) is 9.59 Å². The first-order chi connectivity index (χ1) is 12.2. The second-order valence-electron chi connectivity index (χ2n) is 6.76.